The first-order chi connectivity index (χ1) is 8.16. The minimum Gasteiger partial charge on any atom is -0.504 e. The number of isocyanates is 1. The van der Waals surface area contributed by atoms with Crippen molar-refractivity contribution >= 4 is 6.08 Å². The minimum absolute atomic E-state index is 0.0192. The Morgan fingerprint density at radius 2 is 2.06 bits per heavy atom. The van der Waals surface area contributed by atoms with Crippen LogP contribution in [0.4, 0.5) is 0 Å². The van der Waals surface area contributed by atoms with Gasteiger partial charge >= 0.3 is 0 Å². The zero-order chi connectivity index (χ0) is 12.5. The molecule has 1 aromatic carbocycles. The van der Waals surface area contributed by atoms with Crippen LogP contribution >= 0.6 is 0 Å². The lowest BCUT2D eigenvalue weighted by molar-refractivity contribution is 0.332. The summed E-state index contributed by atoms with van der Waals surface area (Å²) in [6, 6.07) is 3.28. The van der Waals surface area contributed by atoms with Crippen molar-refractivity contribution in [3.05, 3.63) is 17.7 Å². The van der Waals surface area contributed by atoms with Crippen LogP contribution < -0.4 is 9.47 Å². The van der Waals surface area contributed by atoms with E-state index in [4.69, 9.17) is 9.47 Å². The first kappa shape index (κ1) is 11.5. The van der Waals surface area contributed by atoms with E-state index in [1.807, 2.05) is 0 Å². The Kier molecular flexibility index (Phi) is 2.77. The summed E-state index contributed by atoms with van der Waals surface area (Å²) in [7, 11) is 2.94. The number of aliphatic imine (C=N–C) groups is 1. The number of phenolic OH excluding ortho intramolecular Hbond substituents is 1. The van der Waals surface area contributed by atoms with Gasteiger partial charge < -0.3 is 14.6 Å². The maximum atomic E-state index is 10.4. The van der Waals surface area contributed by atoms with E-state index in [0.29, 0.717) is 5.75 Å². The van der Waals surface area contributed by atoms with Crippen LogP contribution in [0.5, 0.6) is 17.2 Å². The summed E-state index contributed by atoms with van der Waals surface area (Å²) >= 11 is 0. The van der Waals surface area contributed by atoms with E-state index in [0.717, 1.165) is 18.4 Å². The van der Waals surface area contributed by atoms with Crippen molar-refractivity contribution in [3.63, 3.8) is 0 Å². The molecule has 1 aliphatic rings. The highest BCUT2D eigenvalue weighted by molar-refractivity contribution is 5.56. The smallest absolute Gasteiger partial charge is 0.235 e. The molecule has 1 fully saturated rings. The van der Waals surface area contributed by atoms with Gasteiger partial charge in [-0.2, -0.15) is 4.99 Å². The average Bonchev–Trinajstić information content (AvgIpc) is 3.09. The Morgan fingerprint density at radius 1 is 1.35 bits per heavy atom. The fourth-order valence-electron chi connectivity index (χ4n) is 1.88. The molecule has 1 aromatic rings. The van der Waals surface area contributed by atoms with Crippen molar-refractivity contribution in [2.75, 3.05) is 14.2 Å². The van der Waals surface area contributed by atoms with E-state index in [9.17, 15) is 9.90 Å². The molecule has 1 N–H and O–H groups in total. The second kappa shape index (κ2) is 4.11. The molecule has 1 aliphatic carbocycles. The van der Waals surface area contributed by atoms with Crippen molar-refractivity contribution in [1.29, 1.82) is 0 Å². The van der Waals surface area contributed by atoms with Gasteiger partial charge in [-0.15, -0.1) is 0 Å². The predicted molar refractivity (Wildman–Crippen MR) is 60.2 cm³/mol. The lowest BCUT2D eigenvalue weighted by Crippen LogP contribution is -2.03. The summed E-state index contributed by atoms with van der Waals surface area (Å²) in [5, 5.41) is 9.82. The van der Waals surface area contributed by atoms with E-state index < -0.39 is 5.54 Å². The number of aromatic hydroxyl groups is 1. The second-order valence-electron chi connectivity index (χ2n) is 3.97. The molecule has 0 atom stereocenters. The normalized spacial score (nSPS) is 15.9. The molecular weight excluding hydrogens is 222 g/mol. The van der Waals surface area contributed by atoms with Gasteiger partial charge in [-0.05, 0) is 30.5 Å². The lowest BCUT2D eigenvalue weighted by Gasteiger charge is -2.14. The Balaban J connectivity index is 2.51. The van der Waals surface area contributed by atoms with Gasteiger partial charge in [-0.3, -0.25) is 0 Å². The third-order valence-corrected chi connectivity index (χ3v) is 2.98. The van der Waals surface area contributed by atoms with Crippen LogP contribution in [0.1, 0.15) is 18.4 Å². The lowest BCUT2D eigenvalue weighted by atomic mass is 10.0. The molecule has 0 spiro atoms. The third-order valence-electron chi connectivity index (χ3n) is 2.98. The van der Waals surface area contributed by atoms with Crippen molar-refractivity contribution in [2.24, 2.45) is 4.99 Å². The van der Waals surface area contributed by atoms with Crippen molar-refractivity contribution in [2.45, 2.75) is 18.4 Å². The minimum atomic E-state index is -0.529. The van der Waals surface area contributed by atoms with Crippen LogP contribution in [-0.2, 0) is 10.3 Å². The second-order valence-corrected chi connectivity index (χ2v) is 3.97. The largest absolute Gasteiger partial charge is 0.504 e. The van der Waals surface area contributed by atoms with E-state index in [1.54, 1.807) is 18.2 Å². The molecule has 0 aliphatic heterocycles. The average molecular weight is 235 g/mol. The van der Waals surface area contributed by atoms with Gasteiger partial charge in [0.05, 0.1) is 19.8 Å². The monoisotopic (exact) mass is 235 g/mol. The molecular formula is C12H13NO4. The van der Waals surface area contributed by atoms with Gasteiger partial charge in [-0.25, -0.2) is 4.79 Å². The molecule has 17 heavy (non-hydrogen) atoms. The predicted octanol–water partition coefficient (Wildman–Crippen LogP) is 1.73. The molecule has 0 aromatic heterocycles. The quantitative estimate of drug-likeness (QED) is 0.637. The van der Waals surface area contributed by atoms with Crippen LogP contribution in [-0.4, -0.2) is 25.4 Å². The molecule has 90 valence electrons. The van der Waals surface area contributed by atoms with E-state index in [2.05, 4.69) is 4.99 Å². The number of ether oxygens (including phenoxy) is 2. The van der Waals surface area contributed by atoms with Crippen LogP contribution in [0.25, 0.3) is 0 Å². The van der Waals surface area contributed by atoms with Gasteiger partial charge in [0.2, 0.25) is 11.8 Å². The van der Waals surface area contributed by atoms with Crippen molar-refractivity contribution in [1.82, 2.24) is 0 Å². The number of hydrogen-bond acceptors (Lipinski definition) is 5. The Morgan fingerprint density at radius 3 is 2.53 bits per heavy atom. The molecule has 0 saturated heterocycles. The number of carbonyl (C=O) groups excluding carboxylic acids is 1. The highest BCUT2D eigenvalue weighted by Crippen LogP contribution is 2.52. The summed E-state index contributed by atoms with van der Waals surface area (Å²) in [5.41, 5.74) is 0.217. The molecule has 5 heteroatoms. The highest BCUT2D eigenvalue weighted by Gasteiger charge is 2.45. The Bertz CT molecular complexity index is 488. The van der Waals surface area contributed by atoms with Gasteiger partial charge in [0.25, 0.3) is 0 Å². The fourth-order valence-corrected chi connectivity index (χ4v) is 1.88. The van der Waals surface area contributed by atoms with Crippen LogP contribution in [0, 0.1) is 0 Å². The summed E-state index contributed by atoms with van der Waals surface area (Å²) in [5.74, 6) is 0.686. The topological polar surface area (TPSA) is 68.1 Å². The standard InChI is InChI=1S/C12H13NO4/c1-16-10-6-8(5-9(15)11(10)17-2)12(3-4-12)13-7-14/h5-6,15H,3-4H2,1-2H3. The summed E-state index contributed by atoms with van der Waals surface area (Å²) in [4.78, 5) is 14.2. The zero-order valence-corrected chi connectivity index (χ0v) is 9.69. The van der Waals surface area contributed by atoms with E-state index >= 15 is 0 Å². The summed E-state index contributed by atoms with van der Waals surface area (Å²) in [6.45, 7) is 0. The molecule has 0 unspecified atom stereocenters. The Labute approximate surface area is 98.7 Å². The van der Waals surface area contributed by atoms with Crippen LogP contribution in [0.3, 0.4) is 0 Å². The summed E-state index contributed by atoms with van der Waals surface area (Å²) in [6.07, 6.45) is 3.13. The number of benzene rings is 1. The molecule has 0 bridgehead atoms. The molecule has 5 nitrogen and oxygen atoms in total. The molecule has 2 rings (SSSR count). The SMILES string of the molecule is COc1cc(C2(N=C=O)CC2)cc(O)c1OC. The molecule has 0 amide bonds. The number of methoxy groups -OCH3 is 2. The number of hydrogen-bond donors (Lipinski definition) is 1. The third kappa shape index (κ3) is 1.85. The Hall–Kier alpha value is -2.00. The van der Waals surface area contributed by atoms with Gasteiger partial charge in [-0.1, -0.05) is 0 Å². The first-order valence-electron chi connectivity index (χ1n) is 5.21. The van der Waals surface area contributed by atoms with Gasteiger partial charge in [0.15, 0.2) is 11.5 Å². The van der Waals surface area contributed by atoms with Gasteiger partial charge in [0.1, 0.15) is 0 Å². The van der Waals surface area contributed by atoms with E-state index in [-0.39, 0.29) is 11.5 Å². The van der Waals surface area contributed by atoms with Crippen molar-refractivity contribution in [3.8, 4) is 17.2 Å². The maximum absolute atomic E-state index is 10.4. The van der Waals surface area contributed by atoms with Crippen LogP contribution in [0.15, 0.2) is 17.1 Å². The first-order valence-corrected chi connectivity index (χ1v) is 5.21. The van der Waals surface area contributed by atoms with Crippen LogP contribution in [0.2, 0.25) is 0 Å². The van der Waals surface area contributed by atoms with E-state index in [1.165, 1.54) is 14.2 Å². The molecule has 1 saturated carbocycles. The molecule has 0 heterocycles. The zero-order valence-electron chi connectivity index (χ0n) is 9.69. The number of nitrogens with zero attached hydrogens (tertiary/aromatic N) is 1. The van der Waals surface area contributed by atoms with Gasteiger partial charge in [0, 0.05) is 0 Å². The molecule has 0 radical (unpaired) electrons. The van der Waals surface area contributed by atoms with Crippen molar-refractivity contribution < 1.29 is 19.4 Å². The fraction of sp³-hybridized carbons (Fsp3) is 0.417. The highest BCUT2D eigenvalue weighted by atomic mass is 16.5. The maximum Gasteiger partial charge on any atom is 0.235 e. The number of rotatable bonds is 4. The number of phenols is 1. The summed E-state index contributed by atoms with van der Waals surface area (Å²) < 4.78 is 10.2.